The van der Waals surface area contributed by atoms with Crippen LogP contribution in [-0.2, 0) is 4.79 Å². The van der Waals surface area contributed by atoms with Gasteiger partial charge in [-0.2, -0.15) is 0 Å². The molecule has 0 bridgehead atoms. The Morgan fingerprint density at radius 1 is 1.47 bits per heavy atom. The molecular weight excluding hydrogens is 219 g/mol. The normalized spacial score (nSPS) is 23.6. The van der Waals surface area contributed by atoms with Crippen LogP contribution < -0.4 is 10.6 Å². The van der Waals surface area contributed by atoms with Gasteiger partial charge in [0.15, 0.2) is 0 Å². The van der Waals surface area contributed by atoms with Crippen LogP contribution in [0.4, 0.5) is 10.1 Å². The van der Waals surface area contributed by atoms with Gasteiger partial charge in [-0.25, -0.2) is 4.39 Å². The van der Waals surface area contributed by atoms with Gasteiger partial charge >= 0.3 is 0 Å². The highest BCUT2D eigenvalue weighted by atomic mass is 19.1. The third kappa shape index (κ3) is 2.47. The van der Waals surface area contributed by atoms with E-state index in [2.05, 4.69) is 10.6 Å². The molecule has 0 radical (unpaired) electrons. The van der Waals surface area contributed by atoms with Crippen molar-refractivity contribution in [3.63, 3.8) is 0 Å². The Morgan fingerprint density at radius 3 is 2.71 bits per heavy atom. The van der Waals surface area contributed by atoms with Gasteiger partial charge in [0, 0.05) is 12.2 Å². The molecule has 1 fully saturated rings. The van der Waals surface area contributed by atoms with Crippen LogP contribution in [0.15, 0.2) is 24.3 Å². The number of anilines is 1. The van der Waals surface area contributed by atoms with E-state index in [-0.39, 0.29) is 17.1 Å². The quantitative estimate of drug-likeness (QED) is 0.844. The van der Waals surface area contributed by atoms with Crippen LogP contribution in [0.1, 0.15) is 19.8 Å². The molecule has 1 saturated heterocycles. The van der Waals surface area contributed by atoms with Gasteiger partial charge in [-0.1, -0.05) is 6.92 Å². The third-order valence-corrected chi connectivity index (χ3v) is 3.50. The zero-order valence-corrected chi connectivity index (χ0v) is 9.92. The van der Waals surface area contributed by atoms with Gasteiger partial charge < -0.3 is 10.6 Å². The van der Waals surface area contributed by atoms with Crippen LogP contribution in [-0.4, -0.2) is 19.0 Å². The highest BCUT2D eigenvalue weighted by molar-refractivity contribution is 5.95. The van der Waals surface area contributed by atoms with E-state index < -0.39 is 0 Å². The van der Waals surface area contributed by atoms with Crippen LogP contribution in [0.2, 0.25) is 0 Å². The van der Waals surface area contributed by atoms with Crippen molar-refractivity contribution in [1.82, 2.24) is 5.32 Å². The molecule has 2 rings (SSSR count). The van der Waals surface area contributed by atoms with Crippen LogP contribution in [0.25, 0.3) is 0 Å². The van der Waals surface area contributed by atoms with Gasteiger partial charge in [0.05, 0.1) is 5.41 Å². The van der Waals surface area contributed by atoms with Crippen LogP contribution in [0.3, 0.4) is 0 Å². The second-order valence-electron chi connectivity index (χ2n) is 4.52. The molecule has 1 aromatic rings. The molecule has 0 saturated carbocycles. The van der Waals surface area contributed by atoms with Crippen LogP contribution >= 0.6 is 0 Å². The Bertz CT molecular complexity index is 396. The molecule has 17 heavy (non-hydrogen) atoms. The second-order valence-corrected chi connectivity index (χ2v) is 4.52. The van der Waals surface area contributed by atoms with Crippen molar-refractivity contribution in [2.75, 3.05) is 18.4 Å². The first-order valence-electron chi connectivity index (χ1n) is 5.94. The lowest BCUT2D eigenvalue weighted by Crippen LogP contribution is -2.37. The fourth-order valence-corrected chi connectivity index (χ4v) is 2.20. The SMILES string of the molecule is CCC1(C(=O)Nc2ccc(F)cc2)CCNC1. The molecule has 1 heterocycles. The average Bonchev–Trinajstić information content (AvgIpc) is 2.82. The topological polar surface area (TPSA) is 41.1 Å². The molecule has 4 heteroatoms. The highest BCUT2D eigenvalue weighted by Crippen LogP contribution is 2.30. The second kappa shape index (κ2) is 4.84. The minimum absolute atomic E-state index is 0.0246. The van der Waals surface area contributed by atoms with Gasteiger partial charge in [0.25, 0.3) is 0 Å². The van der Waals surface area contributed by atoms with Gasteiger partial charge in [-0.3, -0.25) is 4.79 Å². The lowest BCUT2D eigenvalue weighted by Gasteiger charge is -2.25. The summed E-state index contributed by atoms with van der Waals surface area (Å²) in [5, 5.41) is 6.08. The van der Waals surface area contributed by atoms with E-state index in [9.17, 15) is 9.18 Å². The van der Waals surface area contributed by atoms with Gasteiger partial charge in [0.2, 0.25) is 5.91 Å². The maximum Gasteiger partial charge on any atom is 0.231 e. The molecule has 92 valence electrons. The number of halogens is 1. The van der Waals surface area contributed by atoms with Crippen LogP contribution in [0.5, 0.6) is 0 Å². The molecule has 1 amide bonds. The van der Waals surface area contributed by atoms with E-state index >= 15 is 0 Å². The zero-order valence-electron chi connectivity index (χ0n) is 9.92. The molecule has 1 aliphatic rings. The van der Waals surface area contributed by atoms with Crippen molar-refractivity contribution in [3.05, 3.63) is 30.1 Å². The summed E-state index contributed by atoms with van der Waals surface area (Å²) in [5.41, 5.74) is 0.338. The Balaban J connectivity index is 2.08. The lowest BCUT2D eigenvalue weighted by molar-refractivity contribution is -0.124. The number of hydrogen-bond acceptors (Lipinski definition) is 2. The summed E-state index contributed by atoms with van der Waals surface area (Å²) in [7, 11) is 0. The van der Waals surface area contributed by atoms with E-state index in [0.29, 0.717) is 5.69 Å². The summed E-state index contributed by atoms with van der Waals surface area (Å²) >= 11 is 0. The summed E-state index contributed by atoms with van der Waals surface area (Å²) in [6, 6.07) is 5.86. The molecule has 0 aliphatic carbocycles. The van der Waals surface area contributed by atoms with Crippen molar-refractivity contribution in [2.45, 2.75) is 19.8 Å². The van der Waals surface area contributed by atoms with Crippen molar-refractivity contribution in [2.24, 2.45) is 5.41 Å². The third-order valence-electron chi connectivity index (χ3n) is 3.50. The number of nitrogens with one attached hydrogen (secondary N) is 2. The van der Waals surface area contributed by atoms with E-state index in [4.69, 9.17) is 0 Å². The standard InChI is InChI=1S/C13H17FN2O/c1-2-13(7-8-15-9-13)12(17)16-11-5-3-10(14)4-6-11/h3-6,15H,2,7-9H2,1H3,(H,16,17). The predicted octanol–water partition coefficient (Wildman–Crippen LogP) is 2.15. The molecule has 0 spiro atoms. The van der Waals surface area contributed by atoms with E-state index in [0.717, 1.165) is 25.9 Å². The molecule has 3 nitrogen and oxygen atoms in total. The first kappa shape index (κ1) is 12.0. The number of carbonyl (C=O) groups excluding carboxylic acids is 1. The summed E-state index contributed by atoms with van der Waals surface area (Å²) in [6.07, 6.45) is 1.67. The Labute approximate surface area is 100 Å². The van der Waals surface area contributed by atoms with Crippen molar-refractivity contribution in [1.29, 1.82) is 0 Å². The maximum absolute atomic E-state index is 12.7. The Hall–Kier alpha value is -1.42. The summed E-state index contributed by atoms with van der Waals surface area (Å²) in [4.78, 5) is 12.2. The molecule has 1 aliphatic heterocycles. The zero-order chi connectivity index (χ0) is 12.3. The first-order chi connectivity index (χ1) is 8.16. The minimum atomic E-state index is -0.311. The summed E-state index contributed by atoms with van der Waals surface area (Å²) in [6.45, 7) is 3.62. The van der Waals surface area contributed by atoms with Crippen LogP contribution in [0, 0.1) is 11.2 Å². The fourth-order valence-electron chi connectivity index (χ4n) is 2.20. The number of rotatable bonds is 3. The Morgan fingerprint density at radius 2 is 2.18 bits per heavy atom. The van der Waals surface area contributed by atoms with Gasteiger partial charge in [0.1, 0.15) is 5.82 Å². The molecule has 1 aromatic carbocycles. The molecule has 0 aromatic heterocycles. The minimum Gasteiger partial charge on any atom is -0.326 e. The van der Waals surface area contributed by atoms with Gasteiger partial charge in [-0.15, -0.1) is 0 Å². The molecule has 2 N–H and O–H groups in total. The first-order valence-corrected chi connectivity index (χ1v) is 5.94. The van der Waals surface area contributed by atoms with E-state index in [1.807, 2.05) is 6.92 Å². The van der Waals surface area contributed by atoms with Crippen molar-refractivity contribution < 1.29 is 9.18 Å². The number of hydrogen-bond donors (Lipinski definition) is 2. The summed E-state index contributed by atoms with van der Waals surface area (Å²) < 4.78 is 12.7. The molecular formula is C13H17FN2O. The summed E-state index contributed by atoms with van der Waals surface area (Å²) in [5.74, 6) is -0.271. The fraction of sp³-hybridized carbons (Fsp3) is 0.462. The predicted molar refractivity (Wildman–Crippen MR) is 65.2 cm³/mol. The van der Waals surface area contributed by atoms with E-state index in [1.165, 1.54) is 12.1 Å². The maximum atomic E-state index is 12.7. The highest BCUT2D eigenvalue weighted by Gasteiger charge is 2.39. The van der Waals surface area contributed by atoms with Gasteiger partial charge in [-0.05, 0) is 43.7 Å². The molecule has 1 atom stereocenters. The number of carbonyl (C=O) groups is 1. The lowest BCUT2D eigenvalue weighted by atomic mass is 9.83. The number of benzene rings is 1. The largest absolute Gasteiger partial charge is 0.326 e. The monoisotopic (exact) mass is 236 g/mol. The number of amides is 1. The van der Waals surface area contributed by atoms with Crippen molar-refractivity contribution >= 4 is 11.6 Å². The molecule has 1 unspecified atom stereocenters. The smallest absolute Gasteiger partial charge is 0.231 e. The average molecular weight is 236 g/mol. The Kier molecular flexibility index (Phi) is 3.43. The van der Waals surface area contributed by atoms with E-state index in [1.54, 1.807) is 12.1 Å². The van der Waals surface area contributed by atoms with Crippen molar-refractivity contribution in [3.8, 4) is 0 Å².